The Hall–Kier alpha value is 0.576. The van der Waals surface area contributed by atoms with E-state index in [1.807, 2.05) is 0 Å². The van der Waals surface area contributed by atoms with E-state index in [-0.39, 0.29) is 64.2 Å². The van der Waals surface area contributed by atoms with Gasteiger partial charge in [-0.15, -0.1) is 0 Å². The van der Waals surface area contributed by atoms with E-state index in [1.165, 1.54) is 0 Å². The molecule has 12 heavy (non-hydrogen) atoms. The van der Waals surface area contributed by atoms with Crippen LogP contribution in [0.2, 0.25) is 0 Å². The summed E-state index contributed by atoms with van der Waals surface area (Å²) in [5.41, 5.74) is -0.655. The summed E-state index contributed by atoms with van der Waals surface area (Å²) >= 11 is 0. The molecule has 0 rings (SSSR count). The standard InChI is InChI=1S/C7H12O4.K.H/c1-7(2,3-5(8)9)4-6(10)11;;/h3-4H2,1-2H3,(H,8,9)(H,10,11);;. The molecule has 0 spiro atoms. The third-order valence-corrected chi connectivity index (χ3v) is 1.26. The van der Waals surface area contributed by atoms with Gasteiger partial charge in [0.15, 0.2) is 0 Å². The molecule has 66 valence electrons. The zero-order chi connectivity index (χ0) is 9.07. The number of carbonyl (C=O) groups is 2. The number of aliphatic carboxylic acids is 2. The van der Waals surface area contributed by atoms with Crippen LogP contribution >= 0.6 is 0 Å². The van der Waals surface area contributed by atoms with Gasteiger partial charge in [-0.05, 0) is 5.41 Å². The molecule has 0 aliphatic carbocycles. The maximum atomic E-state index is 10.2. The molecule has 0 bridgehead atoms. The van der Waals surface area contributed by atoms with Crippen LogP contribution in [-0.4, -0.2) is 73.5 Å². The van der Waals surface area contributed by atoms with Gasteiger partial charge < -0.3 is 10.2 Å². The minimum atomic E-state index is -0.962. The first-order valence-corrected chi connectivity index (χ1v) is 3.27. The monoisotopic (exact) mass is 200 g/mol. The second kappa shape index (κ2) is 6.09. The molecule has 4 nitrogen and oxygen atoms in total. The summed E-state index contributed by atoms with van der Waals surface area (Å²) in [6, 6.07) is 0. The van der Waals surface area contributed by atoms with Gasteiger partial charge in [0.2, 0.25) is 0 Å². The fourth-order valence-electron chi connectivity index (χ4n) is 0.881. The first-order valence-electron chi connectivity index (χ1n) is 3.27. The van der Waals surface area contributed by atoms with Gasteiger partial charge >= 0.3 is 63.3 Å². The summed E-state index contributed by atoms with van der Waals surface area (Å²) in [5.74, 6) is -1.92. The van der Waals surface area contributed by atoms with Crippen molar-refractivity contribution in [3.05, 3.63) is 0 Å². The summed E-state index contributed by atoms with van der Waals surface area (Å²) in [4.78, 5) is 20.4. The Morgan fingerprint density at radius 2 is 1.33 bits per heavy atom. The molecule has 0 radical (unpaired) electrons. The molecule has 0 aliphatic rings. The van der Waals surface area contributed by atoms with Gasteiger partial charge in [0.1, 0.15) is 0 Å². The summed E-state index contributed by atoms with van der Waals surface area (Å²) < 4.78 is 0. The molecule has 0 amide bonds. The van der Waals surface area contributed by atoms with E-state index in [2.05, 4.69) is 0 Å². The van der Waals surface area contributed by atoms with Crippen LogP contribution in [0.15, 0.2) is 0 Å². The summed E-state index contributed by atoms with van der Waals surface area (Å²) in [6.07, 6.45) is -0.224. The molecule has 0 atom stereocenters. The normalized spacial score (nSPS) is 10.2. The van der Waals surface area contributed by atoms with E-state index in [4.69, 9.17) is 10.2 Å². The van der Waals surface area contributed by atoms with Crippen molar-refractivity contribution in [2.24, 2.45) is 5.41 Å². The summed E-state index contributed by atoms with van der Waals surface area (Å²) in [7, 11) is 0. The SMILES string of the molecule is CC(C)(CC(=O)O)CC(=O)O.[KH]. The number of hydrogen-bond acceptors (Lipinski definition) is 2. The summed E-state index contributed by atoms with van der Waals surface area (Å²) in [5, 5.41) is 16.7. The van der Waals surface area contributed by atoms with Gasteiger partial charge in [0.25, 0.3) is 0 Å². The molecule has 0 saturated heterocycles. The fourth-order valence-corrected chi connectivity index (χ4v) is 0.881. The van der Waals surface area contributed by atoms with Crippen LogP contribution in [0.5, 0.6) is 0 Å². The molecule has 0 aliphatic heterocycles. The van der Waals surface area contributed by atoms with Gasteiger partial charge in [0.05, 0.1) is 12.8 Å². The predicted octanol–water partition coefficient (Wildman–Crippen LogP) is 0.313. The Bertz CT molecular complexity index is 158. The van der Waals surface area contributed by atoms with E-state index in [1.54, 1.807) is 13.8 Å². The molecule has 0 aromatic carbocycles. The Morgan fingerprint density at radius 3 is 1.50 bits per heavy atom. The average molecular weight is 200 g/mol. The van der Waals surface area contributed by atoms with E-state index in [0.717, 1.165) is 0 Å². The number of hydrogen-bond donors (Lipinski definition) is 2. The van der Waals surface area contributed by atoms with Crippen LogP contribution in [0, 0.1) is 5.41 Å². The fraction of sp³-hybridized carbons (Fsp3) is 0.714. The quantitative estimate of drug-likeness (QED) is 0.641. The van der Waals surface area contributed by atoms with Crippen molar-refractivity contribution in [2.45, 2.75) is 26.7 Å². The third kappa shape index (κ3) is 8.67. The van der Waals surface area contributed by atoms with Crippen LogP contribution in [-0.2, 0) is 9.59 Å². The molecule has 0 heterocycles. The Morgan fingerprint density at radius 1 is 1.08 bits per heavy atom. The van der Waals surface area contributed by atoms with E-state index in [9.17, 15) is 9.59 Å². The van der Waals surface area contributed by atoms with Crippen LogP contribution in [0.3, 0.4) is 0 Å². The minimum absolute atomic E-state index is 0. The first-order chi connectivity index (χ1) is 4.83. The van der Waals surface area contributed by atoms with Crippen molar-refractivity contribution < 1.29 is 19.8 Å². The Labute approximate surface area is 114 Å². The second-order valence-corrected chi connectivity index (χ2v) is 3.31. The van der Waals surface area contributed by atoms with Crippen molar-refractivity contribution in [1.82, 2.24) is 0 Å². The molecule has 0 aromatic rings. The van der Waals surface area contributed by atoms with Gasteiger partial charge in [0, 0.05) is 0 Å². The summed E-state index contributed by atoms with van der Waals surface area (Å²) in [6.45, 7) is 3.24. The van der Waals surface area contributed by atoms with Gasteiger partial charge in [-0.25, -0.2) is 0 Å². The molecule has 0 fully saturated rings. The third-order valence-electron chi connectivity index (χ3n) is 1.26. The molecule has 0 unspecified atom stereocenters. The van der Waals surface area contributed by atoms with Crippen molar-refractivity contribution in [1.29, 1.82) is 0 Å². The van der Waals surface area contributed by atoms with Gasteiger partial charge in [-0.3, -0.25) is 9.59 Å². The predicted molar refractivity (Wildman–Crippen MR) is 45.4 cm³/mol. The van der Waals surface area contributed by atoms with Crippen molar-refractivity contribution in [3.63, 3.8) is 0 Å². The first kappa shape index (κ1) is 15.1. The van der Waals surface area contributed by atoms with E-state index in [0.29, 0.717) is 0 Å². The van der Waals surface area contributed by atoms with Gasteiger partial charge in [-0.2, -0.15) is 0 Å². The molecule has 2 N–H and O–H groups in total. The number of carboxylic acids is 2. The number of carboxylic acid groups (broad SMARTS) is 2. The van der Waals surface area contributed by atoms with E-state index < -0.39 is 17.4 Å². The Kier molecular flexibility index (Phi) is 7.65. The number of rotatable bonds is 4. The molecular formula is C7H13KO4. The van der Waals surface area contributed by atoms with Crippen molar-refractivity contribution >= 4 is 63.3 Å². The van der Waals surface area contributed by atoms with Crippen LogP contribution < -0.4 is 0 Å². The van der Waals surface area contributed by atoms with Crippen molar-refractivity contribution in [2.75, 3.05) is 0 Å². The topological polar surface area (TPSA) is 74.6 Å². The zero-order valence-corrected chi connectivity index (χ0v) is 6.63. The van der Waals surface area contributed by atoms with E-state index >= 15 is 0 Å². The molecule has 0 saturated carbocycles. The van der Waals surface area contributed by atoms with Gasteiger partial charge in [-0.1, -0.05) is 13.8 Å². The zero-order valence-electron chi connectivity index (χ0n) is 6.63. The average Bonchev–Trinajstić information content (AvgIpc) is 1.53. The molecular weight excluding hydrogens is 187 g/mol. The second-order valence-electron chi connectivity index (χ2n) is 3.31. The molecule has 0 aromatic heterocycles. The van der Waals surface area contributed by atoms with Crippen molar-refractivity contribution in [3.8, 4) is 0 Å². The maximum absolute atomic E-state index is 10.2. The van der Waals surface area contributed by atoms with Crippen LogP contribution in [0.4, 0.5) is 0 Å². The van der Waals surface area contributed by atoms with Crippen LogP contribution in [0.25, 0.3) is 0 Å². The van der Waals surface area contributed by atoms with Crippen LogP contribution in [0.1, 0.15) is 26.7 Å². The molecule has 5 heteroatoms. The Balaban J connectivity index is 0.